The Labute approximate surface area is 154 Å². The number of anilines is 1. The van der Waals surface area contributed by atoms with E-state index in [1.54, 1.807) is 0 Å². The number of nitrogens with zero attached hydrogens (tertiary/aromatic N) is 2. The van der Waals surface area contributed by atoms with E-state index in [0.717, 1.165) is 43.7 Å². The van der Waals surface area contributed by atoms with Gasteiger partial charge in [-0.25, -0.2) is 0 Å². The first-order valence-electron chi connectivity index (χ1n) is 9.38. The highest BCUT2D eigenvalue weighted by atomic mass is 16.1. The molecule has 2 aliphatic rings. The minimum Gasteiger partial charge on any atom is -0.379 e. The third-order valence-corrected chi connectivity index (χ3v) is 5.74. The Balaban J connectivity index is 1.48. The van der Waals surface area contributed by atoms with E-state index in [0.29, 0.717) is 13.0 Å². The minimum absolute atomic E-state index is 0.144. The molecule has 2 aliphatic heterocycles. The summed E-state index contributed by atoms with van der Waals surface area (Å²) < 4.78 is 0. The number of fused-ring (bicyclic) bond motifs is 1. The average Bonchev–Trinajstić information content (AvgIpc) is 2.64. The van der Waals surface area contributed by atoms with Gasteiger partial charge in [0.05, 0.1) is 0 Å². The van der Waals surface area contributed by atoms with Crippen molar-refractivity contribution in [2.45, 2.75) is 44.8 Å². The number of amides is 1. The van der Waals surface area contributed by atoms with Gasteiger partial charge in [-0.05, 0) is 48.6 Å². The number of nitrogens with one attached hydrogen (secondary N) is 2. The van der Waals surface area contributed by atoms with Gasteiger partial charge in [-0.15, -0.1) is 0 Å². The summed E-state index contributed by atoms with van der Waals surface area (Å²) in [6.45, 7) is 5.65. The molecule has 1 amide bonds. The third kappa shape index (κ3) is 3.58. The molecule has 1 aromatic carbocycles. The molecule has 4 rings (SSSR count). The standard InChI is InChI=1S/C21H26N4O/c1-16-13-22-9-6-18(16)15-25-10-7-21(8-11-25)12-20(26)23-14-17-4-2-3-5-19(17)24-21/h2-6,9,13,24H,7-8,10-12,14-15H2,1H3,(H,23,26). The Morgan fingerprint density at radius 1 is 1.19 bits per heavy atom. The molecule has 1 fully saturated rings. The second-order valence-electron chi connectivity index (χ2n) is 7.59. The minimum atomic E-state index is -0.148. The largest absolute Gasteiger partial charge is 0.379 e. The summed E-state index contributed by atoms with van der Waals surface area (Å²) >= 11 is 0. The molecule has 1 spiro atoms. The Morgan fingerprint density at radius 3 is 2.81 bits per heavy atom. The van der Waals surface area contributed by atoms with Crippen LogP contribution in [0.5, 0.6) is 0 Å². The van der Waals surface area contributed by atoms with E-state index in [1.807, 2.05) is 18.5 Å². The van der Waals surface area contributed by atoms with Gasteiger partial charge in [0.1, 0.15) is 0 Å². The quantitative estimate of drug-likeness (QED) is 0.874. The normalized spacial score (nSPS) is 19.8. The topological polar surface area (TPSA) is 57.3 Å². The van der Waals surface area contributed by atoms with Crippen molar-refractivity contribution in [3.63, 3.8) is 0 Å². The lowest BCUT2D eigenvalue weighted by atomic mass is 9.82. The molecule has 3 heterocycles. The maximum atomic E-state index is 12.4. The van der Waals surface area contributed by atoms with Crippen molar-refractivity contribution < 1.29 is 4.79 Å². The lowest BCUT2D eigenvalue weighted by Gasteiger charge is -2.44. The number of benzene rings is 1. The molecule has 0 bridgehead atoms. The van der Waals surface area contributed by atoms with E-state index >= 15 is 0 Å². The number of para-hydroxylation sites is 1. The van der Waals surface area contributed by atoms with E-state index < -0.39 is 0 Å². The van der Waals surface area contributed by atoms with Gasteiger partial charge in [-0.2, -0.15) is 0 Å². The van der Waals surface area contributed by atoms with Gasteiger partial charge in [0.15, 0.2) is 0 Å². The summed E-state index contributed by atoms with van der Waals surface area (Å²) in [5.74, 6) is 0.144. The van der Waals surface area contributed by atoms with Crippen LogP contribution < -0.4 is 10.6 Å². The third-order valence-electron chi connectivity index (χ3n) is 5.74. The fourth-order valence-corrected chi connectivity index (χ4v) is 4.05. The Kier molecular flexibility index (Phi) is 4.64. The van der Waals surface area contributed by atoms with Crippen molar-refractivity contribution in [3.8, 4) is 0 Å². The van der Waals surface area contributed by atoms with Crippen molar-refractivity contribution in [1.29, 1.82) is 0 Å². The van der Waals surface area contributed by atoms with Gasteiger partial charge >= 0.3 is 0 Å². The molecule has 2 aromatic rings. The summed E-state index contributed by atoms with van der Waals surface area (Å²) in [7, 11) is 0. The van der Waals surface area contributed by atoms with Crippen LogP contribution in [0.15, 0.2) is 42.7 Å². The number of carbonyl (C=O) groups excluding carboxylic acids is 1. The van der Waals surface area contributed by atoms with Crippen LogP contribution in [0.2, 0.25) is 0 Å². The van der Waals surface area contributed by atoms with Crippen LogP contribution in [0, 0.1) is 6.92 Å². The second kappa shape index (κ2) is 7.08. The van der Waals surface area contributed by atoms with E-state index in [2.05, 4.69) is 51.7 Å². The number of hydrogen-bond acceptors (Lipinski definition) is 4. The Hall–Kier alpha value is -2.40. The number of likely N-dealkylation sites (tertiary alicyclic amines) is 1. The van der Waals surface area contributed by atoms with Crippen LogP contribution in [-0.2, 0) is 17.9 Å². The number of carbonyl (C=O) groups is 1. The van der Waals surface area contributed by atoms with Crippen molar-refractivity contribution >= 4 is 11.6 Å². The molecule has 0 aliphatic carbocycles. The van der Waals surface area contributed by atoms with Crippen LogP contribution >= 0.6 is 0 Å². The van der Waals surface area contributed by atoms with Crippen molar-refractivity contribution in [3.05, 3.63) is 59.4 Å². The maximum absolute atomic E-state index is 12.4. The summed E-state index contributed by atoms with van der Waals surface area (Å²) in [5.41, 5.74) is 4.75. The first-order chi connectivity index (χ1) is 12.6. The highest BCUT2D eigenvalue weighted by Gasteiger charge is 2.37. The van der Waals surface area contributed by atoms with Gasteiger partial charge in [-0.1, -0.05) is 18.2 Å². The fraction of sp³-hybridized carbons (Fsp3) is 0.429. The molecule has 0 saturated carbocycles. The van der Waals surface area contributed by atoms with Crippen LogP contribution in [0.3, 0.4) is 0 Å². The molecule has 0 unspecified atom stereocenters. The molecule has 2 N–H and O–H groups in total. The number of rotatable bonds is 2. The average molecular weight is 350 g/mol. The van der Waals surface area contributed by atoms with E-state index in [-0.39, 0.29) is 11.4 Å². The molecule has 0 atom stereocenters. The lowest BCUT2D eigenvalue weighted by molar-refractivity contribution is -0.122. The molecular formula is C21H26N4O. The maximum Gasteiger partial charge on any atom is 0.222 e. The van der Waals surface area contributed by atoms with Gasteiger partial charge in [0.25, 0.3) is 0 Å². The zero-order valence-corrected chi connectivity index (χ0v) is 15.3. The molecule has 26 heavy (non-hydrogen) atoms. The van der Waals surface area contributed by atoms with Crippen molar-refractivity contribution in [2.24, 2.45) is 0 Å². The second-order valence-corrected chi connectivity index (χ2v) is 7.59. The van der Waals surface area contributed by atoms with Gasteiger partial charge in [0, 0.05) is 56.2 Å². The number of piperidine rings is 1. The smallest absolute Gasteiger partial charge is 0.222 e. The van der Waals surface area contributed by atoms with Crippen LogP contribution in [0.25, 0.3) is 0 Å². The van der Waals surface area contributed by atoms with Crippen LogP contribution in [-0.4, -0.2) is 34.4 Å². The van der Waals surface area contributed by atoms with Gasteiger partial charge in [0.2, 0.25) is 5.91 Å². The Bertz CT molecular complexity index is 796. The first-order valence-corrected chi connectivity index (χ1v) is 9.38. The molecule has 1 saturated heterocycles. The summed E-state index contributed by atoms with van der Waals surface area (Å²) in [6, 6.07) is 10.4. The van der Waals surface area contributed by atoms with E-state index in [4.69, 9.17) is 0 Å². The molecule has 0 radical (unpaired) electrons. The molecule has 5 heteroatoms. The lowest BCUT2D eigenvalue weighted by Crippen LogP contribution is -2.52. The molecule has 5 nitrogen and oxygen atoms in total. The monoisotopic (exact) mass is 350 g/mol. The zero-order valence-electron chi connectivity index (χ0n) is 15.3. The highest BCUT2D eigenvalue weighted by Crippen LogP contribution is 2.33. The molecule has 1 aromatic heterocycles. The SMILES string of the molecule is Cc1cnccc1CN1CCC2(CC1)CC(=O)NCc1ccccc1N2. The predicted octanol–water partition coefficient (Wildman–Crippen LogP) is 2.86. The summed E-state index contributed by atoms with van der Waals surface area (Å²) in [5, 5.41) is 6.81. The van der Waals surface area contributed by atoms with Crippen molar-refractivity contribution in [2.75, 3.05) is 18.4 Å². The Morgan fingerprint density at radius 2 is 2.00 bits per heavy atom. The van der Waals surface area contributed by atoms with E-state index in [9.17, 15) is 4.79 Å². The van der Waals surface area contributed by atoms with Crippen molar-refractivity contribution in [1.82, 2.24) is 15.2 Å². The number of hydrogen-bond donors (Lipinski definition) is 2. The molecule has 136 valence electrons. The highest BCUT2D eigenvalue weighted by molar-refractivity contribution is 5.79. The summed E-state index contributed by atoms with van der Waals surface area (Å²) in [6.07, 6.45) is 6.28. The zero-order chi connectivity index (χ0) is 18.0. The van der Waals surface area contributed by atoms with E-state index in [1.165, 1.54) is 11.1 Å². The number of aromatic nitrogens is 1. The molecular weight excluding hydrogens is 324 g/mol. The number of aryl methyl sites for hydroxylation is 1. The van der Waals surface area contributed by atoms with Gasteiger partial charge in [-0.3, -0.25) is 14.7 Å². The van der Waals surface area contributed by atoms with Crippen LogP contribution in [0.1, 0.15) is 36.0 Å². The first kappa shape index (κ1) is 17.0. The van der Waals surface area contributed by atoms with Gasteiger partial charge < -0.3 is 10.6 Å². The summed E-state index contributed by atoms with van der Waals surface area (Å²) in [4.78, 5) is 19.0. The number of pyridine rings is 1. The predicted molar refractivity (Wildman–Crippen MR) is 103 cm³/mol. The fourth-order valence-electron chi connectivity index (χ4n) is 4.05. The van der Waals surface area contributed by atoms with Crippen LogP contribution in [0.4, 0.5) is 5.69 Å².